The molecule has 1 atom stereocenters. The Bertz CT molecular complexity index is 500. The van der Waals surface area contributed by atoms with Gasteiger partial charge in [0.15, 0.2) is 0 Å². The highest BCUT2D eigenvalue weighted by Gasteiger charge is 2.09. The number of rotatable bonds is 3. The molecule has 2 aromatic carbocycles. The van der Waals surface area contributed by atoms with Gasteiger partial charge in [0.1, 0.15) is 0 Å². The van der Waals surface area contributed by atoms with Gasteiger partial charge in [-0.1, -0.05) is 50.2 Å². The van der Waals surface area contributed by atoms with Gasteiger partial charge in [0, 0.05) is 3.57 Å². The highest BCUT2D eigenvalue weighted by molar-refractivity contribution is 14.1. The molecule has 1 unspecified atom stereocenters. The van der Waals surface area contributed by atoms with Crippen molar-refractivity contribution in [1.82, 2.24) is 0 Å². The molecule has 2 N–H and O–H groups in total. The third-order valence-electron chi connectivity index (χ3n) is 3.19. The molecule has 0 aliphatic carbocycles. The molecule has 0 spiro atoms. The lowest BCUT2D eigenvalue weighted by atomic mass is 9.96. The highest BCUT2D eigenvalue weighted by Crippen LogP contribution is 2.22. The zero-order valence-electron chi connectivity index (χ0n) is 10.7. The minimum Gasteiger partial charge on any atom is -0.320 e. The zero-order valence-corrected chi connectivity index (χ0v) is 12.9. The summed E-state index contributed by atoms with van der Waals surface area (Å²) in [7, 11) is 0. The maximum atomic E-state index is 6.29. The first-order valence-corrected chi connectivity index (χ1v) is 7.26. The zero-order chi connectivity index (χ0) is 13.1. The standard InChI is InChI=1S/C16H18IN/c1-11(2)12-3-5-13(6-4-12)16(18)14-7-9-15(17)10-8-14/h3-11,16H,18H2,1-2H3. The first-order valence-electron chi connectivity index (χ1n) is 6.19. The molecule has 2 heteroatoms. The average molecular weight is 351 g/mol. The van der Waals surface area contributed by atoms with Gasteiger partial charge < -0.3 is 5.73 Å². The summed E-state index contributed by atoms with van der Waals surface area (Å²) in [4.78, 5) is 0. The fraction of sp³-hybridized carbons (Fsp3) is 0.250. The molecular formula is C16H18IN. The predicted octanol–water partition coefficient (Wildman–Crippen LogP) is 4.46. The van der Waals surface area contributed by atoms with E-state index in [0.29, 0.717) is 5.92 Å². The maximum Gasteiger partial charge on any atom is 0.0551 e. The van der Waals surface area contributed by atoms with Crippen LogP contribution in [-0.2, 0) is 0 Å². The number of halogens is 1. The summed E-state index contributed by atoms with van der Waals surface area (Å²) < 4.78 is 1.23. The second-order valence-electron chi connectivity index (χ2n) is 4.85. The van der Waals surface area contributed by atoms with Crippen molar-refractivity contribution >= 4 is 22.6 Å². The summed E-state index contributed by atoms with van der Waals surface area (Å²) >= 11 is 2.31. The average Bonchev–Trinajstić information content (AvgIpc) is 2.39. The van der Waals surface area contributed by atoms with E-state index in [2.05, 4.69) is 85.0 Å². The van der Waals surface area contributed by atoms with Gasteiger partial charge in [-0.3, -0.25) is 0 Å². The van der Waals surface area contributed by atoms with Crippen LogP contribution in [0.4, 0.5) is 0 Å². The molecule has 2 aromatic rings. The lowest BCUT2D eigenvalue weighted by Crippen LogP contribution is -2.11. The SMILES string of the molecule is CC(C)c1ccc(C(N)c2ccc(I)cc2)cc1. The summed E-state index contributed by atoms with van der Waals surface area (Å²) in [5, 5.41) is 0. The van der Waals surface area contributed by atoms with Crippen molar-refractivity contribution in [3.63, 3.8) is 0 Å². The Balaban J connectivity index is 2.23. The molecule has 0 bridgehead atoms. The van der Waals surface area contributed by atoms with Crippen LogP contribution >= 0.6 is 22.6 Å². The van der Waals surface area contributed by atoms with Crippen molar-refractivity contribution in [2.24, 2.45) is 5.73 Å². The van der Waals surface area contributed by atoms with Crippen molar-refractivity contribution in [2.45, 2.75) is 25.8 Å². The molecule has 18 heavy (non-hydrogen) atoms. The fourth-order valence-corrected chi connectivity index (χ4v) is 2.31. The van der Waals surface area contributed by atoms with Crippen LogP contribution in [-0.4, -0.2) is 0 Å². The minimum absolute atomic E-state index is 0.0387. The van der Waals surface area contributed by atoms with Gasteiger partial charge in [0.2, 0.25) is 0 Å². The lowest BCUT2D eigenvalue weighted by molar-refractivity contribution is 0.847. The van der Waals surface area contributed by atoms with E-state index >= 15 is 0 Å². The number of benzene rings is 2. The number of hydrogen-bond acceptors (Lipinski definition) is 1. The van der Waals surface area contributed by atoms with Gasteiger partial charge in [-0.05, 0) is 57.3 Å². The Kier molecular flexibility index (Phi) is 4.40. The van der Waals surface area contributed by atoms with Gasteiger partial charge in [0.05, 0.1) is 6.04 Å². The van der Waals surface area contributed by atoms with Crippen LogP contribution in [0.5, 0.6) is 0 Å². The molecule has 0 fully saturated rings. The molecule has 0 saturated heterocycles. The van der Waals surface area contributed by atoms with Crippen molar-refractivity contribution in [1.29, 1.82) is 0 Å². The van der Waals surface area contributed by atoms with E-state index in [0.717, 1.165) is 5.56 Å². The third kappa shape index (κ3) is 3.12. The van der Waals surface area contributed by atoms with Crippen LogP contribution < -0.4 is 5.73 Å². The van der Waals surface area contributed by atoms with E-state index in [4.69, 9.17) is 5.73 Å². The molecule has 1 nitrogen and oxygen atoms in total. The van der Waals surface area contributed by atoms with Crippen LogP contribution in [0.3, 0.4) is 0 Å². The quantitative estimate of drug-likeness (QED) is 0.812. The molecule has 0 amide bonds. The van der Waals surface area contributed by atoms with E-state index in [1.54, 1.807) is 0 Å². The normalized spacial score (nSPS) is 12.7. The molecule has 0 aliphatic heterocycles. The van der Waals surface area contributed by atoms with E-state index in [9.17, 15) is 0 Å². The van der Waals surface area contributed by atoms with Crippen LogP contribution in [0.25, 0.3) is 0 Å². The second-order valence-corrected chi connectivity index (χ2v) is 6.10. The van der Waals surface area contributed by atoms with E-state index < -0.39 is 0 Å². The third-order valence-corrected chi connectivity index (χ3v) is 3.91. The van der Waals surface area contributed by atoms with Gasteiger partial charge in [-0.2, -0.15) is 0 Å². The number of hydrogen-bond donors (Lipinski definition) is 1. The maximum absolute atomic E-state index is 6.29. The van der Waals surface area contributed by atoms with E-state index in [1.165, 1.54) is 14.7 Å². The Labute approximate surface area is 123 Å². The van der Waals surface area contributed by atoms with E-state index in [-0.39, 0.29) is 6.04 Å². The first kappa shape index (κ1) is 13.6. The molecule has 0 saturated carbocycles. The number of nitrogens with two attached hydrogens (primary N) is 1. The topological polar surface area (TPSA) is 26.0 Å². The Morgan fingerprint density at radius 2 is 1.17 bits per heavy atom. The van der Waals surface area contributed by atoms with Gasteiger partial charge in [0.25, 0.3) is 0 Å². The highest BCUT2D eigenvalue weighted by atomic mass is 127. The molecule has 94 valence electrons. The van der Waals surface area contributed by atoms with Gasteiger partial charge >= 0.3 is 0 Å². The Morgan fingerprint density at radius 1 is 0.778 bits per heavy atom. The lowest BCUT2D eigenvalue weighted by Gasteiger charge is -2.14. The molecular weight excluding hydrogens is 333 g/mol. The van der Waals surface area contributed by atoms with Crippen LogP contribution in [0.2, 0.25) is 0 Å². The predicted molar refractivity (Wildman–Crippen MR) is 85.7 cm³/mol. The molecule has 0 heterocycles. The monoisotopic (exact) mass is 351 g/mol. The summed E-state index contributed by atoms with van der Waals surface area (Å²) in [6, 6.07) is 17.0. The summed E-state index contributed by atoms with van der Waals surface area (Å²) in [5.74, 6) is 0.563. The molecule has 0 radical (unpaired) electrons. The summed E-state index contributed by atoms with van der Waals surface area (Å²) in [6.07, 6.45) is 0. The minimum atomic E-state index is -0.0387. The Morgan fingerprint density at radius 3 is 1.61 bits per heavy atom. The van der Waals surface area contributed by atoms with Gasteiger partial charge in [-0.25, -0.2) is 0 Å². The molecule has 2 rings (SSSR count). The van der Waals surface area contributed by atoms with Crippen LogP contribution in [0.1, 0.15) is 42.5 Å². The molecule has 0 aliphatic rings. The summed E-state index contributed by atoms with van der Waals surface area (Å²) in [6.45, 7) is 4.40. The largest absolute Gasteiger partial charge is 0.320 e. The van der Waals surface area contributed by atoms with Crippen molar-refractivity contribution in [2.75, 3.05) is 0 Å². The van der Waals surface area contributed by atoms with Crippen molar-refractivity contribution < 1.29 is 0 Å². The van der Waals surface area contributed by atoms with Crippen LogP contribution in [0.15, 0.2) is 48.5 Å². The summed E-state index contributed by atoms with van der Waals surface area (Å²) in [5.41, 5.74) is 9.97. The second kappa shape index (κ2) is 5.85. The van der Waals surface area contributed by atoms with E-state index in [1.807, 2.05) is 0 Å². The first-order chi connectivity index (χ1) is 8.58. The smallest absolute Gasteiger partial charge is 0.0551 e. The molecule has 0 aromatic heterocycles. The van der Waals surface area contributed by atoms with Gasteiger partial charge in [-0.15, -0.1) is 0 Å². The van der Waals surface area contributed by atoms with Crippen molar-refractivity contribution in [3.8, 4) is 0 Å². The fourth-order valence-electron chi connectivity index (χ4n) is 1.95. The van der Waals surface area contributed by atoms with Crippen molar-refractivity contribution in [3.05, 3.63) is 68.8 Å². The van der Waals surface area contributed by atoms with Crippen LogP contribution in [0, 0.1) is 3.57 Å². The Hall–Kier alpha value is -0.870.